The average molecular weight is 377 g/mol. The number of oxazole rings is 1. The lowest BCUT2D eigenvalue weighted by atomic mass is 10.1. The number of amides is 2. The minimum absolute atomic E-state index is 0.0639. The molecule has 2 aromatic carbocycles. The van der Waals surface area contributed by atoms with E-state index < -0.39 is 0 Å². The molecule has 0 unspecified atom stereocenters. The number of carbonyl (C=O) groups is 2. The highest BCUT2D eigenvalue weighted by Gasteiger charge is 2.12. The molecule has 0 aliphatic heterocycles. The summed E-state index contributed by atoms with van der Waals surface area (Å²) in [4.78, 5) is 28.7. The van der Waals surface area contributed by atoms with Crippen molar-refractivity contribution in [3.8, 4) is 11.5 Å². The van der Waals surface area contributed by atoms with Crippen molar-refractivity contribution in [2.75, 3.05) is 10.6 Å². The molecule has 1 heterocycles. The molecule has 1 aromatic heterocycles. The number of hydrogen-bond donors (Lipinski definition) is 2. The van der Waals surface area contributed by atoms with Gasteiger partial charge in [-0.2, -0.15) is 0 Å². The maximum atomic E-state index is 12.5. The number of aromatic nitrogens is 1. The lowest BCUT2D eigenvalue weighted by Crippen LogP contribution is -2.18. The van der Waals surface area contributed by atoms with Crippen LogP contribution in [0.4, 0.5) is 11.4 Å². The Morgan fingerprint density at radius 2 is 1.68 bits per heavy atom. The summed E-state index contributed by atoms with van der Waals surface area (Å²) in [5, 5.41) is 5.67. The maximum Gasteiger partial charge on any atom is 0.255 e. The predicted octanol–water partition coefficient (Wildman–Crippen LogP) is 4.81. The first-order valence-corrected chi connectivity index (χ1v) is 9.10. The van der Waals surface area contributed by atoms with Crippen molar-refractivity contribution in [1.82, 2.24) is 4.98 Å². The van der Waals surface area contributed by atoms with Crippen molar-refractivity contribution < 1.29 is 14.0 Å². The second kappa shape index (κ2) is 8.08. The van der Waals surface area contributed by atoms with Gasteiger partial charge in [-0.15, -0.1) is 0 Å². The largest absolute Gasteiger partial charge is 0.441 e. The van der Waals surface area contributed by atoms with Crippen LogP contribution < -0.4 is 10.6 Å². The number of rotatable bonds is 5. The molecule has 0 atom stereocenters. The van der Waals surface area contributed by atoms with Crippen molar-refractivity contribution in [3.05, 3.63) is 65.5 Å². The van der Waals surface area contributed by atoms with Gasteiger partial charge >= 0.3 is 0 Å². The van der Waals surface area contributed by atoms with Crippen LogP contribution in [0.5, 0.6) is 0 Å². The Hall–Kier alpha value is -3.41. The molecule has 0 spiro atoms. The van der Waals surface area contributed by atoms with Crippen molar-refractivity contribution in [2.24, 2.45) is 5.92 Å². The molecule has 28 heavy (non-hydrogen) atoms. The summed E-state index contributed by atoms with van der Waals surface area (Å²) >= 11 is 0. The first-order valence-electron chi connectivity index (χ1n) is 9.10. The summed E-state index contributed by atoms with van der Waals surface area (Å²) in [6.07, 6.45) is 0. The third-order valence-electron chi connectivity index (χ3n) is 4.33. The minimum Gasteiger partial charge on any atom is -0.441 e. The van der Waals surface area contributed by atoms with Crippen LogP contribution >= 0.6 is 0 Å². The van der Waals surface area contributed by atoms with Gasteiger partial charge in [-0.25, -0.2) is 4.98 Å². The third kappa shape index (κ3) is 4.46. The van der Waals surface area contributed by atoms with Gasteiger partial charge in [0, 0.05) is 28.4 Å². The third-order valence-corrected chi connectivity index (χ3v) is 4.33. The van der Waals surface area contributed by atoms with Crippen LogP contribution in [0.3, 0.4) is 0 Å². The van der Waals surface area contributed by atoms with Crippen LogP contribution in [-0.4, -0.2) is 16.8 Å². The molecule has 6 heteroatoms. The second-order valence-corrected chi connectivity index (χ2v) is 6.92. The zero-order valence-electron chi connectivity index (χ0n) is 16.4. The number of anilines is 2. The van der Waals surface area contributed by atoms with Crippen LogP contribution in [0.15, 0.2) is 52.9 Å². The van der Waals surface area contributed by atoms with E-state index in [1.54, 1.807) is 30.3 Å². The van der Waals surface area contributed by atoms with Gasteiger partial charge in [-0.3, -0.25) is 9.59 Å². The normalized spacial score (nSPS) is 10.8. The molecule has 3 rings (SSSR count). The number of aryl methyl sites for hydroxylation is 2. The first kappa shape index (κ1) is 19.4. The second-order valence-electron chi connectivity index (χ2n) is 6.92. The van der Waals surface area contributed by atoms with E-state index in [1.165, 1.54) is 0 Å². The molecule has 6 nitrogen and oxygen atoms in total. The van der Waals surface area contributed by atoms with Gasteiger partial charge in [0.2, 0.25) is 11.8 Å². The fourth-order valence-electron chi connectivity index (χ4n) is 2.52. The van der Waals surface area contributed by atoms with Crippen molar-refractivity contribution in [2.45, 2.75) is 27.7 Å². The van der Waals surface area contributed by atoms with E-state index in [4.69, 9.17) is 4.42 Å². The molecule has 2 amide bonds. The Morgan fingerprint density at radius 1 is 0.964 bits per heavy atom. The van der Waals surface area contributed by atoms with Crippen LogP contribution in [0, 0.1) is 19.8 Å². The predicted molar refractivity (Wildman–Crippen MR) is 109 cm³/mol. The van der Waals surface area contributed by atoms with Crippen LogP contribution in [-0.2, 0) is 4.79 Å². The quantitative estimate of drug-likeness (QED) is 0.668. The van der Waals surface area contributed by atoms with Gasteiger partial charge in [0.15, 0.2) is 0 Å². The molecule has 2 N–H and O–H groups in total. The van der Waals surface area contributed by atoms with E-state index in [1.807, 2.05) is 45.9 Å². The summed E-state index contributed by atoms with van der Waals surface area (Å²) in [6, 6.07) is 14.1. The fraction of sp³-hybridized carbons (Fsp3) is 0.227. The highest BCUT2D eigenvalue weighted by Crippen LogP contribution is 2.24. The van der Waals surface area contributed by atoms with E-state index >= 15 is 0 Å². The number of nitrogens with one attached hydrogen (secondary N) is 2. The smallest absolute Gasteiger partial charge is 0.255 e. The summed E-state index contributed by atoms with van der Waals surface area (Å²) < 4.78 is 5.65. The maximum absolute atomic E-state index is 12.5. The van der Waals surface area contributed by atoms with Gasteiger partial charge < -0.3 is 15.1 Å². The van der Waals surface area contributed by atoms with E-state index in [-0.39, 0.29) is 17.7 Å². The zero-order chi connectivity index (χ0) is 20.3. The Kier molecular flexibility index (Phi) is 5.59. The van der Waals surface area contributed by atoms with E-state index in [0.29, 0.717) is 22.8 Å². The Morgan fingerprint density at radius 3 is 2.29 bits per heavy atom. The molecule has 0 radical (unpaired) electrons. The van der Waals surface area contributed by atoms with Gasteiger partial charge in [-0.1, -0.05) is 19.9 Å². The Bertz CT molecular complexity index is 985. The molecular formula is C22H23N3O3. The molecule has 0 aliphatic carbocycles. The van der Waals surface area contributed by atoms with Gasteiger partial charge in [0.05, 0.1) is 5.69 Å². The Balaban J connectivity index is 1.71. The van der Waals surface area contributed by atoms with Crippen molar-refractivity contribution >= 4 is 23.2 Å². The first-order chi connectivity index (χ1) is 13.3. The number of carbonyl (C=O) groups excluding carboxylic acids is 2. The zero-order valence-corrected chi connectivity index (χ0v) is 16.4. The van der Waals surface area contributed by atoms with Gasteiger partial charge in [0.25, 0.3) is 5.91 Å². The number of nitrogens with zero attached hydrogens (tertiary/aromatic N) is 1. The Labute approximate surface area is 164 Å². The van der Waals surface area contributed by atoms with E-state index in [0.717, 1.165) is 17.0 Å². The average Bonchev–Trinajstić information content (AvgIpc) is 3.01. The summed E-state index contributed by atoms with van der Waals surface area (Å²) in [5.74, 6) is 0.890. The number of benzene rings is 2. The van der Waals surface area contributed by atoms with E-state index in [9.17, 15) is 9.59 Å². The lowest BCUT2D eigenvalue weighted by Gasteiger charge is -2.09. The number of hydrogen-bond acceptors (Lipinski definition) is 4. The standard InChI is InChI=1S/C22H23N3O3/c1-13(2)20(26)24-18-10-8-16(9-11-18)21(27)25-19-7-5-6-17(12-19)22-23-14(3)15(4)28-22/h5-13H,1-4H3,(H,24,26)(H,25,27). The highest BCUT2D eigenvalue weighted by molar-refractivity contribution is 6.05. The van der Waals surface area contributed by atoms with Crippen LogP contribution in [0.1, 0.15) is 35.7 Å². The summed E-state index contributed by atoms with van der Waals surface area (Å²) in [6.45, 7) is 7.41. The van der Waals surface area contributed by atoms with Crippen LogP contribution in [0.2, 0.25) is 0 Å². The highest BCUT2D eigenvalue weighted by atomic mass is 16.4. The van der Waals surface area contributed by atoms with E-state index in [2.05, 4.69) is 15.6 Å². The monoisotopic (exact) mass is 377 g/mol. The molecular weight excluding hydrogens is 354 g/mol. The van der Waals surface area contributed by atoms with Crippen molar-refractivity contribution in [1.29, 1.82) is 0 Å². The minimum atomic E-state index is -0.237. The topological polar surface area (TPSA) is 84.2 Å². The fourth-order valence-corrected chi connectivity index (χ4v) is 2.52. The molecule has 144 valence electrons. The van der Waals surface area contributed by atoms with Gasteiger partial charge in [0.1, 0.15) is 5.76 Å². The summed E-state index contributed by atoms with van der Waals surface area (Å²) in [7, 11) is 0. The molecule has 0 saturated heterocycles. The summed E-state index contributed by atoms with van der Waals surface area (Å²) in [5.41, 5.74) is 3.44. The molecule has 0 bridgehead atoms. The van der Waals surface area contributed by atoms with Crippen LogP contribution in [0.25, 0.3) is 11.5 Å². The van der Waals surface area contributed by atoms with Gasteiger partial charge in [-0.05, 0) is 56.3 Å². The van der Waals surface area contributed by atoms with Crippen molar-refractivity contribution in [3.63, 3.8) is 0 Å². The lowest BCUT2D eigenvalue weighted by molar-refractivity contribution is -0.118. The SMILES string of the molecule is Cc1nc(-c2cccc(NC(=O)c3ccc(NC(=O)C(C)C)cc3)c2)oc1C. The molecule has 3 aromatic rings. The molecule has 0 fully saturated rings. The molecule has 0 saturated carbocycles. The molecule has 0 aliphatic rings.